The van der Waals surface area contributed by atoms with Crippen LogP contribution in [0.3, 0.4) is 0 Å². The third-order valence-corrected chi connectivity index (χ3v) is 2.79. The van der Waals surface area contributed by atoms with E-state index in [9.17, 15) is 4.79 Å². The molecular formula is C14H32N2O3. The lowest BCUT2D eigenvalue weighted by atomic mass is 10.1. The second-order valence-electron chi connectivity index (χ2n) is 4.65. The smallest absolute Gasteiger partial charge is 0.317 e. The van der Waals surface area contributed by atoms with Crippen molar-refractivity contribution in [1.29, 1.82) is 0 Å². The molecule has 19 heavy (non-hydrogen) atoms. The van der Waals surface area contributed by atoms with Crippen molar-refractivity contribution in [3.63, 3.8) is 0 Å². The molecule has 0 spiro atoms. The van der Waals surface area contributed by atoms with Crippen LogP contribution in [0.4, 0.5) is 0 Å². The number of nitrogens with two attached hydrogens (primary N) is 2. The van der Waals surface area contributed by atoms with Crippen molar-refractivity contribution in [2.24, 2.45) is 11.6 Å². The Hall–Kier alpha value is -0.650. The minimum atomic E-state index is -0.968. The van der Waals surface area contributed by atoms with Gasteiger partial charge in [-0.15, -0.1) is 0 Å². The zero-order valence-corrected chi connectivity index (χ0v) is 12.4. The van der Waals surface area contributed by atoms with E-state index >= 15 is 0 Å². The first kappa shape index (κ1) is 20.7. The summed E-state index contributed by atoms with van der Waals surface area (Å²) >= 11 is 0. The summed E-state index contributed by atoms with van der Waals surface area (Å²) in [5, 5.41) is 7.60. The first-order valence-electron chi connectivity index (χ1n) is 7.42. The number of rotatable bonds is 12. The summed E-state index contributed by atoms with van der Waals surface area (Å²) in [5.74, 6) is 3.97. The van der Waals surface area contributed by atoms with Gasteiger partial charge in [0.15, 0.2) is 0 Å². The molecule has 0 aliphatic rings. The monoisotopic (exact) mass is 276 g/mol. The van der Waals surface area contributed by atoms with Gasteiger partial charge in [0, 0.05) is 0 Å². The van der Waals surface area contributed by atoms with E-state index in [1.54, 1.807) is 0 Å². The molecule has 0 aromatic heterocycles. The van der Waals surface area contributed by atoms with E-state index in [1.807, 2.05) is 0 Å². The molecule has 0 amide bonds. The lowest BCUT2D eigenvalue weighted by Crippen LogP contribution is -2.10. The Labute approximate surface area is 117 Å². The average Bonchev–Trinajstić information content (AvgIpc) is 2.41. The van der Waals surface area contributed by atoms with Crippen molar-refractivity contribution in [3.05, 3.63) is 0 Å². The molecule has 0 radical (unpaired) electrons. The van der Waals surface area contributed by atoms with Gasteiger partial charge in [-0.05, 0) is 6.42 Å². The molecular weight excluding hydrogens is 244 g/mol. The van der Waals surface area contributed by atoms with Crippen LogP contribution in [0.5, 0.6) is 0 Å². The molecule has 0 aliphatic heterocycles. The van der Waals surface area contributed by atoms with Crippen molar-refractivity contribution in [2.45, 2.75) is 71.1 Å². The number of aliphatic carboxylic acids is 1. The maximum atomic E-state index is 9.24. The molecule has 0 aromatic carbocycles. The summed E-state index contributed by atoms with van der Waals surface area (Å²) < 4.78 is 0. The van der Waals surface area contributed by atoms with Gasteiger partial charge in [0.25, 0.3) is 0 Å². The SMILES string of the molecule is CCCCCCCCCCCCON.NCC(=O)O. The van der Waals surface area contributed by atoms with Crippen LogP contribution < -0.4 is 11.6 Å². The molecule has 0 fully saturated rings. The summed E-state index contributed by atoms with van der Waals surface area (Å²) in [6.07, 6.45) is 13.6. The van der Waals surface area contributed by atoms with Crippen molar-refractivity contribution >= 4 is 5.97 Å². The van der Waals surface area contributed by atoms with Crippen LogP contribution in [0.1, 0.15) is 71.1 Å². The van der Waals surface area contributed by atoms with Crippen molar-refractivity contribution < 1.29 is 14.7 Å². The zero-order chi connectivity index (χ0) is 14.8. The molecule has 0 aliphatic carbocycles. The Morgan fingerprint density at radius 1 is 0.947 bits per heavy atom. The molecule has 0 unspecified atom stereocenters. The van der Waals surface area contributed by atoms with Gasteiger partial charge in [0.2, 0.25) is 0 Å². The molecule has 5 N–H and O–H groups in total. The molecule has 5 heteroatoms. The second kappa shape index (κ2) is 19.7. The van der Waals surface area contributed by atoms with Crippen LogP contribution in [0, 0.1) is 0 Å². The summed E-state index contributed by atoms with van der Waals surface area (Å²) in [4.78, 5) is 13.8. The average molecular weight is 276 g/mol. The molecule has 116 valence electrons. The first-order chi connectivity index (χ1) is 9.18. The number of hydrogen-bond acceptors (Lipinski definition) is 4. The number of carbonyl (C=O) groups is 1. The number of hydrogen-bond donors (Lipinski definition) is 3. The van der Waals surface area contributed by atoms with Crippen LogP contribution in [-0.2, 0) is 9.63 Å². The van der Waals surface area contributed by atoms with Crippen molar-refractivity contribution in [3.8, 4) is 0 Å². The van der Waals surface area contributed by atoms with Crippen LogP contribution >= 0.6 is 0 Å². The summed E-state index contributed by atoms with van der Waals surface area (Å²) in [6, 6.07) is 0. The standard InChI is InChI=1S/C12H27NO.C2H5NO2/c1-2-3-4-5-6-7-8-9-10-11-12-14-13;3-1-2(4)5/h2-13H2,1H3;1,3H2,(H,4,5). The quantitative estimate of drug-likeness (QED) is 0.376. The lowest BCUT2D eigenvalue weighted by Gasteiger charge is -2.01. The third-order valence-electron chi connectivity index (χ3n) is 2.79. The lowest BCUT2D eigenvalue weighted by molar-refractivity contribution is -0.135. The number of carboxylic acids is 1. The fourth-order valence-corrected chi connectivity index (χ4v) is 1.67. The van der Waals surface area contributed by atoms with Crippen LogP contribution in [0.2, 0.25) is 0 Å². The van der Waals surface area contributed by atoms with Gasteiger partial charge in [-0.25, -0.2) is 5.90 Å². The minimum Gasteiger partial charge on any atom is -0.480 e. The highest BCUT2D eigenvalue weighted by atomic mass is 16.6. The fourth-order valence-electron chi connectivity index (χ4n) is 1.67. The van der Waals surface area contributed by atoms with Gasteiger partial charge in [-0.1, -0.05) is 64.7 Å². The molecule has 5 nitrogen and oxygen atoms in total. The summed E-state index contributed by atoms with van der Waals surface area (Å²) in [5.41, 5.74) is 4.57. The van der Waals surface area contributed by atoms with Crippen molar-refractivity contribution in [1.82, 2.24) is 0 Å². The Balaban J connectivity index is 0. The highest BCUT2D eigenvalue weighted by Gasteiger charge is 1.91. The van der Waals surface area contributed by atoms with Gasteiger partial charge >= 0.3 is 5.97 Å². The van der Waals surface area contributed by atoms with Gasteiger partial charge in [-0.2, -0.15) is 0 Å². The molecule has 0 saturated carbocycles. The van der Waals surface area contributed by atoms with Crippen molar-refractivity contribution in [2.75, 3.05) is 13.2 Å². The van der Waals surface area contributed by atoms with Crippen LogP contribution in [0.25, 0.3) is 0 Å². The first-order valence-corrected chi connectivity index (χ1v) is 7.42. The highest BCUT2D eigenvalue weighted by Crippen LogP contribution is 2.10. The number of unbranched alkanes of at least 4 members (excludes halogenated alkanes) is 9. The summed E-state index contributed by atoms with van der Waals surface area (Å²) in [7, 11) is 0. The highest BCUT2D eigenvalue weighted by molar-refractivity contribution is 5.68. The molecule has 0 aromatic rings. The van der Waals surface area contributed by atoms with E-state index in [2.05, 4.69) is 17.5 Å². The van der Waals surface area contributed by atoms with E-state index in [4.69, 9.17) is 11.0 Å². The predicted octanol–water partition coefficient (Wildman–Crippen LogP) is 2.83. The zero-order valence-electron chi connectivity index (χ0n) is 12.4. The topological polar surface area (TPSA) is 98.6 Å². The molecule has 0 bridgehead atoms. The Morgan fingerprint density at radius 2 is 1.32 bits per heavy atom. The van der Waals surface area contributed by atoms with Crippen LogP contribution in [0.15, 0.2) is 0 Å². The molecule has 0 heterocycles. The van der Waals surface area contributed by atoms with E-state index in [0.717, 1.165) is 13.0 Å². The third kappa shape index (κ3) is 26.8. The largest absolute Gasteiger partial charge is 0.480 e. The maximum absolute atomic E-state index is 9.24. The minimum absolute atomic E-state index is 0.278. The van der Waals surface area contributed by atoms with Gasteiger partial charge in [0.05, 0.1) is 13.2 Å². The summed E-state index contributed by atoms with van der Waals surface area (Å²) in [6.45, 7) is 2.70. The normalized spacial score (nSPS) is 9.84. The maximum Gasteiger partial charge on any atom is 0.317 e. The van der Waals surface area contributed by atoms with Gasteiger partial charge in [0.1, 0.15) is 0 Å². The Kier molecular flexibility index (Phi) is 21.4. The van der Waals surface area contributed by atoms with Gasteiger partial charge < -0.3 is 15.7 Å². The molecule has 0 atom stereocenters. The molecule has 0 saturated heterocycles. The van der Waals surface area contributed by atoms with E-state index in [0.29, 0.717) is 0 Å². The van der Waals surface area contributed by atoms with E-state index < -0.39 is 5.97 Å². The Morgan fingerprint density at radius 3 is 1.63 bits per heavy atom. The predicted molar refractivity (Wildman–Crippen MR) is 78.7 cm³/mol. The van der Waals surface area contributed by atoms with E-state index in [-0.39, 0.29) is 6.54 Å². The fraction of sp³-hybridized carbons (Fsp3) is 0.929. The van der Waals surface area contributed by atoms with Gasteiger partial charge in [-0.3, -0.25) is 4.79 Å². The second-order valence-corrected chi connectivity index (χ2v) is 4.65. The molecule has 0 rings (SSSR count). The number of carboxylic acid groups (broad SMARTS) is 1. The van der Waals surface area contributed by atoms with Crippen LogP contribution in [-0.4, -0.2) is 24.2 Å². The van der Waals surface area contributed by atoms with E-state index in [1.165, 1.54) is 57.8 Å². The Bertz CT molecular complexity index is 166.